The van der Waals surface area contributed by atoms with Crippen molar-refractivity contribution in [2.45, 2.75) is 52.4 Å². The predicted octanol–water partition coefficient (Wildman–Crippen LogP) is -1.17. The summed E-state index contributed by atoms with van der Waals surface area (Å²) in [6.45, 7) is 5.63. The van der Waals surface area contributed by atoms with Crippen LogP contribution in [0.4, 0.5) is 0 Å². The fourth-order valence-electron chi connectivity index (χ4n) is 3.08. The van der Waals surface area contributed by atoms with E-state index in [-0.39, 0.29) is 73.6 Å². The topological polar surface area (TPSA) is 163 Å². The molecule has 6 amide bonds. The molecule has 1 rings (SSSR count). The summed E-state index contributed by atoms with van der Waals surface area (Å²) in [5, 5.41) is 10.6. The zero-order valence-corrected chi connectivity index (χ0v) is 20.1. The van der Waals surface area contributed by atoms with Gasteiger partial charge in [-0.3, -0.25) is 33.7 Å². The van der Waals surface area contributed by atoms with E-state index in [1.54, 1.807) is 13.8 Å². The summed E-state index contributed by atoms with van der Waals surface area (Å²) >= 11 is 0. The van der Waals surface area contributed by atoms with E-state index in [1.165, 1.54) is 0 Å². The molecule has 0 radical (unpaired) electrons. The fraction of sp³-hybridized carbons (Fsp3) is 0.727. The standard InChI is InChI=1S/C22H37N5O7/c1-3-17(28)24-9-10-25-18(29)5-6-19(30)26-11-14-34-13-4-8-23-20(31)7-12-27-21(32)15-16(2)22(27)33/h16H,3-15H2,1-2H3,(H,23,31)(H,24,28)(H,25,29)(H,26,30). The minimum atomic E-state index is -0.311. The molecule has 1 atom stereocenters. The molecular weight excluding hydrogens is 446 g/mol. The van der Waals surface area contributed by atoms with Gasteiger partial charge in [0.05, 0.1) is 6.61 Å². The van der Waals surface area contributed by atoms with Crippen LogP contribution in [0.1, 0.15) is 52.4 Å². The van der Waals surface area contributed by atoms with Crippen molar-refractivity contribution in [1.82, 2.24) is 26.2 Å². The Kier molecular flexibility index (Phi) is 14.1. The molecule has 12 heteroatoms. The molecule has 0 aromatic carbocycles. The van der Waals surface area contributed by atoms with Gasteiger partial charge in [-0.15, -0.1) is 0 Å². The van der Waals surface area contributed by atoms with Crippen LogP contribution in [0.5, 0.6) is 0 Å². The van der Waals surface area contributed by atoms with E-state index in [0.29, 0.717) is 52.2 Å². The van der Waals surface area contributed by atoms with Crippen molar-refractivity contribution < 1.29 is 33.5 Å². The Labute approximate surface area is 199 Å². The highest BCUT2D eigenvalue weighted by molar-refractivity contribution is 6.03. The maximum absolute atomic E-state index is 11.8. The number of likely N-dealkylation sites (tertiary alicyclic amines) is 1. The number of hydrogen-bond acceptors (Lipinski definition) is 7. The van der Waals surface area contributed by atoms with Crippen molar-refractivity contribution in [2.24, 2.45) is 5.92 Å². The van der Waals surface area contributed by atoms with Crippen LogP contribution in [0.3, 0.4) is 0 Å². The van der Waals surface area contributed by atoms with Crippen LogP contribution >= 0.6 is 0 Å². The number of amides is 6. The number of nitrogens with zero attached hydrogens (tertiary/aromatic N) is 1. The minimum Gasteiger partial charge on any atom is -0.380 e. The Hall–Kier alpha value is -3.02. The molecule has 0 aliphatic carbocycles. The minimum absolute atomic E-state index is 0.0622. The predicted molar refractivity (Wildman–Crippen MR) is 122 cm³/mol. The van der Waals surface area contributed by atoms with Gasteiger partial charge in [-0.2, -0.15) is 0 Å². The molecule has 1 saturated heterocycles. The summed E-state index contributed by atoms with van der Waals surface area (Å²) in [7, 11) is 0. The highest BCUT2D eigenvalue weighted by atomic mass is 16.5. The Balaban J connectivity index is 1.93. The quantitative estimate of drug-likeness (QED) is 0.150. The second kappa shape index (κ2) is 16.6. The Morgan fingerprint density at radius 3 is 1.97 bits per heavy atom. The normalized spacial score (nSPS) is 15.2. The van der Waals surface area contributed by atoms with E-state index in [9.17, 15) is 28.8 Å². The molecule has 0 aromatic heterocycles. The first-order chi connectivity index (χ1) is 16.2. The van der Waals surface area contributed by atoms with Crippen LogP contribution in [0.15, 0.2) is 0 Å². The first-order valence-corrected chi connectivity index (χ1v) is 11.7. The first-order valence-electron chi connectivity index (χ1n) is 11.7. The van der Waals surface area contributed by atoms with Crippen molar-refractivity contribution in [3.8, 4) is 0 Å². The van der Waals surface area contributed by atoms with Crippen molar-refractivity contribution >= 4 is 35.4 Å². The average molecular weight is 484 g/mol. The molecule has 1 unspecified atom stereocenters. The lowest BCUT2D eigenvalue weighted by molar-refractivity contribution is -0.139. The van der Waals surface area contributed by atoms with Gasteiger partial charge in [0, 0.05) is 77.4 Å². The lowest BCUT2D eigenvalue weighted by Crippen LogP contribution is -2.35. The second-order valence-electron chi connectivity index (χ2n) is 7.96. The maximum Gasteiger partial charge on any atom is 0.232 e. The third-order valence-corrected chi connectivity index (χ3v) is 5.06. The van der Waals surface area contributed by atoms with Crippen LogP contribution in [-0.2, 0) is 33.5 Å². The number of carbonyl (C=O) groups is 6. The van der Waals surface area contributed by atoms with Crippen molar-refractivity contribution in [3.05, 3.63) is 0 Å². The van der Waals surface area contributed by atoms with Crippen molar-refractivity contribution in [3.63, 3.8) is 0 Å². The summed E-state index contributed by atoms with van der Waals surface area (Å²) in [5.41, 5.74) is 0. The number of ether oxygens (including phenoxy) is 1. The van der Waals surface area contributed by atoms with Gasteiger partial charge in [-0.05, 0) is 6.42 Å². The number of imide groups is 1. The molecule has 1 fully saturated rings. The number of nitrogens with one attached hydrogen (secondary N) is 4. The van der Waals surface area contributed by atoms with Gasteiger partial charge >= 0.3 is 0 Å². The molecule has 0 bridgehead atoms. The van der Waals surface area contributed by atoms with Gasteiger partial charge in [0.25, 0.3) is 0 Å². The van der Waals surface area contributed by atoms with Crippen molar-refractivity contribution in [2.75, 3.05) is 45.9 Å². The number of rotatable bonds is 17. The van der Waals surface area contributed by atoms with E-state index >= 15 is 0 Å². The molecule has 0 spiro atoms. The van der Waals surface area contributed by atoms with Gasteiger partial charge in [0.2, 0.25) is 35.4 Å². The zero-order valence-electron chi connectivity index (χ0n) is 20.1. The van der Waals surface area contributed by atoms with Crippen molar-refractivity contribution in [1.29, 1.82) is 0 Å². The van der Waals surface area contributed by atoms with Gasteiger partial charge in [-0.1, -0.05) is 13.8 Å². The molecule has 1 heterocycles. The molecule has 34 heavy (non-hydrogen) atoms. The lowest BCUT2D eigenvalue weighted by atomic mass is 10.1. The van der Waals surface area contributed by atoms with Crippen LogP contribution in [0.2, 0.25) is 0 Å². The third-order valence-electron chi connectivity index (χ3n) is 5.06. The molecule has 1 aliphatic heterocycles. The summed E-state index contributed by atoms with van der Waals surface area (Å²) in [6, 6.07) is 0. The third kappa shape index (κ3) is 12.3. The number of carbonyl (C=O) groups excluding carboxylic acids is 6. The maximum atomic E-state index is 11.8. The molecule has 0 aromatic rings. The fourth-order valence-corrected chi connectivity index (χ4v) is 3.08. The molecule has 0 saturated carbocycles. The molecule has 4 N–H and O–H groups in total. The van der Waals surface area contributed by atoms with Gasteiger partial charge in [0.15, 0.2) is 0 Å². The summed E-state index contributed by atoms with van der Waals surface area (Å²) in [4.78, 5) is 70.9. The zero-order chi connectivity index (χ0) is 25.3. The van der Waals surface area contributed by atoms with E-state index in [1.807, 2.05) is 0 Å². The largest absolute Gasteiger partial charge is 0.380 e. The van der Waals surface area contributed by atoms with Gasteiger partial charge in [0.1, 0.15) is 0 Å². The van der Waals surface area contributed by atoms with Gasteiger partial charge < -0.3 is 26.0 Å². The van der Waals surface area contributed by atoms with Crippen LogP contribution in [-0.4, -0.2) is 86.3 Å². The van der Waals surface area contributed by atoms with E-state index < -0.39 is 0 Å². The molecular formula is C22H37N5O7. The average Bonchev–Trinajstić information content (AvgIpc) is 3.05. The SMILES string of the molecule is CCC(=O)NCCNC(=O)CCC(=O)NCCOCCCNC(=O)CCN1C(=O)CC(C)C1=O. The van der Waals surface area contributed by atoms with E-state index in [2.05, 4.69) is 21.3 Å². The summed E-state index contributed by atoms with van der Waals surface area (Å²) in [5.74, 6) is -1.60. The summed E-state index contributed by atoms with van der Waals surface area (Å²) < 4.78 is 5.39. The molecule has 192 valence electrons. The van der Waals surface area contributed by atoms with Crippen LogP contribution < -0.4 is 21.3 Å². The van der Waals surface area contributed by atoms with E-state index in [4.69, 9.17) is 4.74 Å². The molecule has 12 nitrogen and oxygen atoms in total. The molecule has 1 aliphatic rings. The number of hydrogen-bond donors (Lipinski definition) is 4. The second-order valence-corrected chi connectivity index (χ2v) is 7.96. The first kappa shape index (κ1) is 29.0. The van der Waals surface area contributed by atoms with Crippen LogP contribution in [0.25, 0.3) is 0 Å². The van der Waals surface area contributed by atoms with Gasteiger partial charge in [-0.25, -0.2) is 0 Å². The Bertz CT molecular complexity index is 728. The summed E-state index contributed by atoms with van der Waals surface area (Å²) in [6.07, 6.45) is 1.37. The monoisotopic (exact) mass is 483 g/mol. The Morgan fingerprint density at radius 2 is 1.38 bits per heavy atom. The van der Waals surface area contributed by atoms with E-state index in [0.717, 1.165) is 4.90 Å². The highest BCUT2D eigenvalue weighted by Crippen LogP contribution is 2.18. The highest BCUT2D eigenvalue weighted by Gasteiger charge is 2.35. The lowest BCUT2D eigenvalue weighted by Gasteiger charge is -2.14. The smallest absolute Gasteiger partial charge is 0.232 e. The van der Waals surface area contributed by atoms with Crippen LogP contribution in [0, 0.1) is 5.92 Å². The Morgan fingerprint density at radius 1 is 0.824 bits per heavy atom.